The van der Waals surface area contributed by atoms with E-state index in [2.05, 4.69) is 87.6 Å². The minimum atomic E-state index is -0.817. The number of hydrogen-bond acceptors (Lipinski definition) is 6. The van der Waals surface area contributed by atoms with Gasteiger partial charge in [-0.15, -0.1) is 0 Å². The van der Waals surface area contributed by atoms with Gasteiger partial charge in [-0.05, 0) is 83.5 Å². The van der Waals surface area contributed by atoms with E-state index in [1.807, 2.05) is 30.4 Å². The topological polar surface area (TPSA) is 78.9 Å². The molecule has 0 aliphatic heterocycles. The number of ether oxygens (including phenoxy) is 3. The maximum Gasteiger partial charge on any atom is 0.306 e. The maximum absolute atomic E-state index is 12.8. The molecule has 68 heavy (non-hydrogen) atoms. The summed E-state index contributed by atoms with van der Waals surface area (Å²) in [6, 6.07) is 0. The molecule has 0 aromatic heterocycles. The number of rotatable bonds is 50. The lowest BCUT2D eigenvalue weighted by molar-refractivity contribution is -0.166. The van der Waals surface area contributed by atoms with Gasteiger partial charge in [-0.2, -0.15) is 0 Å². The fraction of sp³-hybridized carbons (Fsp3) is 0.694. The van der Waals surface area contributed by atoms with Crippen molar-refractivity contribution >= 4 is 17.9 Å². The molecule has 0 aliphatic carbocycles. The number of carbonyl (C=O) groups is 3. The molecule has 0 rings (SSSR count). The average Bonchev–Trinajstić information content (AvgIpc) is 3.34. The summed E-state index contributed by atoms with van der Waals surface area (Å²) in [5.74, 6) is -1.01. The standard InChI is InChI=1S/C62H104O6/c1-4-7-10-13-16-19-22-25-27-29-31-33-34-37-40-43-46-49-52-55-61(64)67-58-59(57-66-60(63)54-51-48-45-42-39-36-24-21-18-15-12-9-6-3)68-62(65)56-53-50-47-44-41-38-35-32-30-28-26-23-20-17-14-11-8-5-2/h11,14,17,20,23,26,28-32,35-36,39,45,48,59H,4-10,12-13,15-16,18-19,21-22,24-25,27,33-34,37-38,40-44,46-47,49-58H2,1-3H3/b14-11+,20-17+,26-23+,30-28+,31-29+,35-32+,39-36+,48-45+. The Kier molecular flexibility index (Phi) is 52.9. The zero-order chi connectivity index (χ0) is 49.3. The van der Waals surface area contributed by atoms with Gasteiger partial charge in [-0.1, -0.05) is 253 Å². The van der Waals surface area contributed by atoms with Crippen LogP contribution in [0.15, 0.2) is 97.2 Å². The van der Waals surface area contributed by atoms with Gasteiger partial charge in [0.1, 0.15) is 13.2 Å². The third-order valence-corrected chi connectivity index (χ3v) is 11.9. The highest BCUT2D eigenvalue weighted by molar-refractivity contribution is 5.71. The second-order valence-corrected chi connectivity index (χ2v) is 18.6. The minimum absolute atomic E-state index is 0.108. The van der Waals surface area contributed by atoms with Crippen LogP contribution >= 0.6 is 0 Å². The highest BCUT2D eigenvalue weighted by Gasteiger charge is 2.19. The van der Waals surface area contributed by atoms with Crippen molar-refractivity contribution in [1.29, 1.82) is 0 Å². The van der Waals surface area contributed by atoms with Crippen LogP contribution in [0.4, 0.5) is 0 Å². The van der Waals surface area contributed by atoms with Gasteiger partial charge in [-0.25, -0.2) is 0 Å². The molecule has 6 nitrogen and oxygen atoms in total. The number of esters is 3. The average molecular weight is 946 g/mol. The zero-order valence-corrected chi connectivity index (χ0v) is 44.3. The van der Waals surface area contributed by atoms with E-state index in [1.165, 1.54) is 135 Å². The van der Waals surface area contributed by atoms with Crippen molar-refractivity contribution in [1.82, 2.24) is 0 Å². The first kappa shape index (κ1) is 64.3. The van der Waals surface area contributed by atoms with Crippen LogP contribution in [0.3, 0.4) is 0 Å². The van der Waals surface area contributed by atoms with Crippen molar-refractivity contribution in [3.05, 3.63) is 97.2 Å². The molecule has 6 heteroatoms. The molecular weight excluding hydrogens is 841 g/mol. The molecule has 0 amide bonds. The highest BCUT2D eigenvalue weighted by Crippen LogP contribution is 2.14. The molecule has 0 spiro atoms. The van der Waals surface area contributed by atoms with Crippen LogP contribution in [0.2, 0.25) is 0 Å². The SMILES string of the molecule is CCC/C=C/C=C/C=C/C=C/C=C/CCCCCCCC(=O)OC(COC(=O)CC/C=C/C/C=C/CCCCCCCC)COC(=O)CCCCCCCCC/C=C/CCCCCCCCCC. The Morgan fingerprint density at radius 2 is 0.647 bits per heavy atom. The molecule has 0 saturated carbocycles. The Labute approximate surface area is 419 Å². The summed E-state index contributed by atoms with van der Waals surface area (Å²) in [6.07, 6.45) is 74.0. The first-order valence-electron chi connectivity index (χ1n) is 28.3. The van der Waals surface area contributed by atoms with Crippen molar-refractivity contribution in [2.45, 2.75) is 264 Å². The Hall–Kier alpha value is -3.67. The van der Waals surface area contributed by atoms with E-state index < -0.39 is 6.10 Å². The molecule has 0 aromatic rings. The summed E-state index contributed by atoms with van der Waals surface area (Å²) in [5.41, 5.74) is 0. The number of carbonyl (C=O) groups excluding carboxylic acids is 3. The molecule has 1 atom stereocenters. The van der Waals surface area contributed by atoms with Gasteiger partial charge >= 0.3 is 17.9 Å². The third kappa shape index (κ3) is 53.3. The van der Waals surface area contributed by atoms with Crippen LogP contribution in [0.1, 0.15) is 258 Å². The van der Waals surface area contributed by atoms with Crippen LogP contribution in [0.25, 0.3) is 0 Å². The molecule has 0 N–H and O–H groups in total. The summed E-state index contributed by atoms with van der Waals surface area (Å²) >= 11 is 0. The monoisotopic (exact) mass is 945 g/mol. The fourth-order valence-electron chi connectivity index (χ4n) is 7.64. The molecule has 0 saturated heterocycles. The van der Waals surface area contributed by atoms with Crippen LogP contribution in [0, 0.1) is 0 Å². The van der Waals surface area contributed by atoms with E-state index >= 15 is 0 Å². The Balaban J connectivity index is 4.48. The summed E-state index contributed by atoms with van der Waals surface area (Å²) in [6.45, 7) is 6.47. The van der Waals surface area contributed by atoms with Crippen LogP contribution in [-0.4, -0.2) is 37.2 Å². The van der Waals surface area contributed by atoms with E-state index in [4.69, 9.17) is 14.2 Å². The summed E-state index contributed by atoms with van der Waals surface area (Å²) < 4.78 is 16.8. The minimum Gasteiger partial charge on any atom is -0.462 e. The second-order valence-electron chi connectivity index (χ2n) is 18.6. The maximum atomic E-state index is 12.8. The molecule has 388 valence electrons. The van der Waals surface area contributed by atoms with Gasteiger partial charge in [0.05, 0.1) is 0 Å². The highest BCUT2D eigenvalue weighted by atomic mass is 16.6. The van der Waals surface area contributed by atoms with Crippen LogP contribution in [0.5, 0.6) is 0 Å². The van der Waals surface area contributed by atoms with Crippen molar-refractivity contribution in [3.63, 3.8) is 0 Å². The van der Waals surface area contributed by atoms with Crippen molar-refractivity contribution in [2.24, 2.45) is 0 Å². The Morgan fingerprint density at radius 1 is 0.309 bits per heavy atom. The lowest BCUT2D eigenvalue weighted by atomic mass is 10.1. The molecule has 0 bridgehead atoms. The molecule has 0 aromatic carbocycles. The largest absolute Gasteiger partial charge is 0.462 e. The predicted octanol–water partition coefficient (Wildman–Crippen LogP) is 18.9. The third-order valence-electron chi connectivity index (χ3n) is 11.9. The van der Waals surface area contributed by atoms with Crippen LogP contribution < -0.4 is 0 Å². The smallest absolute Gasteiger partial charge is 0.306 e. The Morgan fingerprint density at radius 3 is 1.10 bits per heavy atom. The molecule has 0 heterocycles. The second kappa shape index (κ2) is 55.9. The number of unbranched alkanes of at least 4 members (excludes halogenated alkanes) is 27. The normalized spacial score (nSPS) is 12.8. The molecule has 0 aliphatic rings. The van der Waals surface area contributed by atoms with Gasteiger partial charge in [-0.3, -0.25) is 14.4 Å². The van der Waals surface area contributed by atoms with Gasteiger partial charge < -0.3 is 14.2 Å². The fourth-order valence-corrected chi connectivity index (χ4v) is 7.64. The van der Waals surface area contributed by atoms with Crippen molar-refractivity contribution in [3.8, 4) is 0 Å². The van der Waals surface area contributed by atoms with E-state index in [-0.39, 0.29) is 44.0 Å². The summed E-state index contributed by atoms with van der Waals surface area (Å²) in [5, 5.41) is 0. The lowest BCUT2D eigenvalue weighted by Gasteiger charge is -2.18. The van der Waals surface area contributed by atoms with Gasteiger partial charge in [0.15, 0.2) is 6.10 Å². The van der Waals surface area contributed by atoms with E-state index in [1.54, 1.807) is 0 Å². The zero-order valence-electron chi connectivity index (χ0n) is 44.3. The summed E-state index contributed by atoms with van der Waals surface area (Å²) in [7, 11) is 0. The van der Waals surface area contributed by atoms with Crippen molar-refractivity contribution < 1.29 is 28.6 Å². The molecular formula is C62H104O6. The lowest BCUT2D eigenvalue weighted by Crippen LogP contribution is -2.30. The number of allylic oxidation sites excluding steroid dienone is 16. The van der Waals surface area contributed by atoms with Crippen LogP contribution in [-0.2, 0) is 28.6 Å². The molecule has 1 unspecified atom stereocenters. The van der Waals surface area contributed by atoms with Gasteiger partial charge in [0.25, 0.3) is 0 Å². The first-order valence-corrected chi connectivity index (χ1v) is 28.3. The first-order chi connectivity index (χ1) is 33.5. The predicted molar refractivity (Wildman–Crippen MR) is 293 cm³/mol. The van der Waals surface area contributed by atoms with E-state index in [0.717, 1.165) is 77.0 Å². The quantitative estimate of drug-likeness (QED) is 0.0199. The van der Waals surface area contributed by atoms with E-state index in [0.29, 0.717) is 12.8 Å². The van der Waals surface area contributed by atoms with E-state index in [9.17, 15) is 14.4 Å². The molecule has 0 radical (unpaired) electrons. The molecule has 0 fully saturated rings. The van der Waals surface area contributed by atoms with Crippen molar-refractivity contribution in [2.75, 3.05) is 13.2 Å². The van der Waals surface area contributed by atoms with Gasteiger partial charge in [0.2, 0.25) is 0 Å². The number of hydrogen-bond donors (Lipinski definition) is 0. The summed E-state index contributed by atoms with van der Waals surface area (Å²) in [4.78, 5) is 38.1. The van der Waals surface area contributed by atoms with Gasteiger partial charge in [0, 0.05) is 19.3 Å². The Bertz CT molecular complexity index is 1360.